The van der Waals surface area contributed by atoms with Crippen molar-refractivity contribution in [1.82, 2.24) is 20.9 Å². The molecule has 7 nitrogen and oxygen atoms in total. The number of rotatable bonds is 10. The highest BCUT2D eigenvalue weighted by Crippen LogP contribution is 2.27. The minimum atomic E-state index is 0.00243. The van der Waals surface area contributed by atoms with Crippen molar-refractivity contribution < 1.29 is 9.53 Å². The standard InChI is InChI=1S/C22H37N5O2/c1-5-23-22(25-13-12-24-21(28)17(2)3)26-16-20(27-14-6-7-15-27)18-8-10-19(29-4)11-9-18/h8-11,17,20H,5-7,12-16H2,1-4H3,(H,24,28)(H2,23,25,26). The summed E-state index contributed by atoms with van der Waals surface area (Å²) in [7, 11) is 1.69. The fourth-order valence-corrected chi connectivity index (χ4v) is 3.40. The average Bonchev–Trinajstić information content (AvgIpc) is 3.25. The molecule has 162 valence electrons. The van der Waals surface area contributed by atoms with Gasteiger partial charge in [0.2, 0.25) is 5.91 Å². The predicted octanol–water partition coefficient (Wildman–Crippen LogP) is 2.16. The minimum Gasteiger partial charge on any atom is -0.497 e. The number of hydrogen-bond acceptors (Lipinski definition) is 4. The smallest absolute Gasteiger partial charge is 0.222 e. The van der Waals surface area contributed by atoms with Gasteiger partial charge in [-0.15, -0.1) is 0 Å². The zero-order valence-corrected chi connectivity index (χ0v) is 18.3. The van der Waals surface area contributed by atoms with Crippen molar-refractivity contribution in [2.75, 3.05) is 46.4 Å². The SMILES string of the molecule is CCNC(=NCC(c1ccc(OC)cc1)N1CCCC1)NCCNC(=O)C(C)C. The van der Waals surface area contributed by atoms with Crippen LogP contribution in [0.15, 0.2) is 29.3 Å². The molecule has 0 saturated carbocycles. The van der Waals surface area contributed by atoms with Gasteiger partial charge in [0, 0.05) is 25.6 Å². The Morgan fingerprint density at radius 3 is 2.34 bits per heavy atom. The number of ether oxygens (including phenoxy) is 1. The summed E-state index contributed by atoms with van der Waals surface area (Å²) >= 11 is 0. The van der Waals surface area contributed by atoms with Crippen LogP contribution in [0.2, 0.25) is 0 Å². The molecule has 1 atom stereocenters. The monoisotopic (exact) mass is 403 g/mol. The van der Waals surface area contributed by atoms with Crippen molar-refractivity contribution in [3.05, 3.63) is 29.8 Å². The van der Waals surface area contributed by atoms with Gasteiger partial charge < -0.3 is 20.7 Å². The molecule has 0 bridgehead atoms. The number of methoxy groups -OCH3 is 1. The second-order valence-electron chi connectivity index (χ2n) is 7.62. The summed E-state index contributed by atoms with van der Waals surface area (Å²) in [6.07, 6.45) is 2.48. The molecule has 2 rings (SSSR count). The lowest BCUT2D eigenvalue weighted by Gasteiger charge is -2.27. The van der Waals surface area contributed by atoms with Crippen LogP contribution < -0.4 is 20.7 Å². The van der Waals surface area contributed by atoms with Gasteiger partial charge in [-0.2, -0.15) is 0 Å². The third-order valence-electron chi connectivity index (χ3n) is 5.09. The van der Waals surface area contributed by atoms with E-state index in [0.717, 1.165) is 31.3 Å². The Hall–Kier alpha value is -2.28. The quantitative estimate of drug-likeness (QED) is 0.317. The highest BCUT2D eigenvalue weighted by molar-refractivity contribution is 5.80. The average molecular weight is 404 g/mol. The number of carbonyl (C=O) groups excluding carboxylic acids is 1. The topological polar surface area (TPSA) is 78.0 Å². The predicted molar refractivity (Wildman–Crippen MR) is 118 cm³/mol. The molecule has 1 aromatic rings. The van der Waals surface area contributed by atoms with E-state index in [2.05, 4.69) is 39.9 Å². The van der Waals surface area contributed by atoms with E-state index in [9.17, 15) is 4.79 Å². The Kier molecular flexibility index (Phi) is 9.77. The Balaban J connectivity index is 1.99. The van der Waals surface area contributed by atoms with E-state index in [1.165, 1.54) is 18.4 Å². The van der Waals surface area contributed by atoms with Crippen molar-refractivity contribution >= 4 is 11.9 Å². The Labute approximate surface area is 175 Å². The number of amides is 1. The molecule has 0 radical (unpaired) electrons. The summed E-state index contributed by atoms with van der Waals surface area (Å²) < 4.78 is 5.30. The number of likely N-dealkylation sites (tertiary alicyclic amines) is 1. The molecule has 0 spiro atoms. The maximum atomic E-state index is 11.7. The zero-order valence-electron chi connectivity index (χ0n) is 18.3. The van der Waals surface area contributed by atoms with Crippen molar-refractivity contribution in [3.8, 4) is 5.75 Å². The van der Waals surface area contributed by atoms with Gasteiger partial charge in [0.1, 0.15) is 5.75 Å². The van der Waals surface area contributed by atoms with Gasteiger partial charge >= 0.3 is 0 Å². The van der Waals surface area contributed by atoms with E-state index >= 15 is 0 Å². The summed E-state index contributed by atoms with van der Waals surface area (Å²) in [6, 6.07) is 8.56. The lowest BCUT2D eigenvalue weighted by atomic mass is 10.1. The van der Waals surface area contributed by atoms with Gasteiger partial charge in [-0.3, -0.25) is 14.7 Å². The van der Waals surface area contributed by atoms with Crippen LogP contribution in [0, 0.1) is 5.92 Å². The van der Waals surface area contributed by atoms with E-state index in [1.54, 1.807) is 7.11 Å². The van der Waals surface area contributed by atoms with Crippen LogP contribution in [0.25, 0.3) is 0 Å². The van der Waals surface area contributed by atoms with E-state index in [-0.39, 0.29) is 17.9 Å². The van der Waals surface area contributed by atoms with E-state index < -0.39 is 0 Å². The molecule has 7 heteroatoms. The van der Waals surface area contributed by atoms with Gasteiger partial charge in [-0.1, -0.05) is 26.0 Å². The summed E-state index contributed by atoms with van der Waals surface area (Å²) in [5.74, 6) is 1.73. The fraction of sp³-hybridized carbons (Fsp3) is 0.636. The second kappa shape index (κ2) is 12.3. The van der Waals surface area contributed by atoms with Gasteiger partial charge in [-0.05, 0) is 50.6 Å². The number of guanidine groups is 1. The maximum absolute atomic E-state index is 11.7. The van der Waals surface area contributed by atoms with Gasteiger partial charge in [-0.25, -0.2) is 0 Å². The molecule has 0 aliphatic carbocycles. The van der Waals surface area contributed by atoms with Crippen molar-refractivity contribution in [1.29, 1.82) is 0 Å². The molecular formula is C22H37N5O2. The first-order valence-corrected chi connectivity index (χ1v) is 10.7. The lowest BCUT2D eigenvalue weighted by molar-refractivity contribution is -0.123. The van der Waals surface area contributed by atoms with Crippen LogP contribution in [0.4, 0.5) is 0 Å². The van der Waals surface area contributed by atoms with Crippen molar-refractivity contribution in [2.24, 2.45) is 10.9 Å². The van der Waals surface area contributed by atoms with Crippen LogP contribution in [-0.2, 0) is 4.79 Å². The van der Waals surface area contributed by atoms with Gasteiger partial charge in [0.25, 0.3) is 0 Å². The summed E-state index contributed by atoms with van der Waals surface area (Å²) in [5.41, 5.74) is 1.26. The minimum absolute atomic E-state index is 0.00243. The summed E-state index contributed by atoms with van der Waals surface area (Å²) in [6.45, 7) is 10.8. The number of nitrogens with zero attached hydrogens (tertiary/aromatic N) is 2. The molecule has 3 N–H and O–H groups in total. The normalized spacial score (nSPS) is 16.0. The zero-order chi connectivity index (χ0) is 21.1. The van der Waals surface area contributed by atoms with E-state index in [1.807, 2.05) is 26.0 Å². The number of aliphatic imine (C=N–C) groups is 1. The number of hydrogen-bond donors (Lipinski definition) is 3. The third kappa shape index (κ3) is 7.57. The first-order valence-electron chi connectivity index (χ1n) is 10.7. The molecular weight excluding hydrogens is 366 g/mol. The number of carbonyl (C=O) groups is 1. The third-order valence-corrected chi connectivity index (χ3v) is 5.09. The molecule has 1 aliphatic heterocycles. The Morgan fingerprint density at radius 1 is 1.10 bits per heavy atom. The molecule has 1 aliphatic rings. The Bertz CT molecular complexity index is 639. The first-order chi connectivity index (χ1) is 14.0. The van der Waals surface area contributed by atoms with Crippen LogP contribution in [-0.4, -0.2) is 63.1 Å². The lowest BCUT2D eigenvalue weighted by Crippen LogP contribution is -2.42. The van der Waals surface area contributed by atoms with Crippen LogP contribution in [0.1, 0.15) is 45.2 Å². The molecule has 1 amide bonds. The summed E-state index contributed by atoms with van der Waals surface area (Å²) in [5, 5.41) is 9.53. The maximum Gasteiger partial charge on any atom is 0.222 e. The Morgan fingerprint density at radius 2 is 1.76 bits per heavy atom. The van der Waals surface area contributed by atoms with Gasteiger partial charge in [0.15, 0.2) is 5.96 Å². The molecule has 29 heavy (non-hydrogen) atoms. The highest BCUT2D eigenvalue weighted by atomic mass is 16.5. The van der Waals surface area contributed by atoms with Crippen molar-refractivity contribution in [2.45, 2.75) is 39.7 Å². The second-order valence-corrected chi connectivity index (χ2v) is 7.62. The highest BCUT2D eigenvalue weighted by Gasteiger charge is 2.23. The molecule has 1 unspecified atom stereocenters. The largest absolute Gasteiger partial charge is 0.497 e. The van der Waals surface area contributed by atoms with Crippen LogP contribution in [0.3, 0.4) is 0 Å². The summed E-state index contributed by atoms with van der Waals surface area (Å²) in [4.78, 5) is 19.0. The van der Waals surface area contributed by atoms with Crippen molar-refractivity contribution in [3.63, 3.8) is 0 Å². The molecule has 0 aromatic heterocycles. The molecule has 1 fully saturated rings. The van der Waals surface area contributed by atoms with Crippen LogP contribution in [0.5, 0.6) is 5.75 Å². The van der Waals surface area contributed by atoms with E-state index in [0.29, 0.717) is 19.6 Å². The number of nitrogens with one attached hydrogen (secondary N) is 3. The first kappa shape index (κ1) is 23.0. The molecule has 1 saturated heterocycles. The molecule has 1 aromatic carbocycles. The number of benzene rings is 1. The van der Waals surface area contributed by atoms with E-state index in [4.69, 9.17) is 9.73 Å². The van der Waals surface area contributed by atoms with Crippen LogP contribution >= 0.6 is 0 Å². The fourth-order valence-electron chi connectivity index (χ4n) is 3.40. The van der Waals surface area contributed by atoms with Gasteiger partial charge in [0.05, 0.1) is 19.7 Å². The molecule has 1 heterocycles.